The lowest BCUT2D eigenvalue weighted by Crippen LogP contribution is -2.40. The van der Waals surface area contributed by atoms with Crippen LogP contribution in [0.1, 0.15) is 39.5 Å². The molecule has 2 aliphatic heterocycles. The van der Waals surface area contributed by atoms with E-state index in [1.807, 2.05) is 11.8 Å². The number of likely N-dealkylation sites (tertiary alicyclic amines) is 1. The average Bonchev–Trinajstić information content (AvgIpc) is 3.24. The second-order valence-corrected chi connectivity index (χ2v) is 7.82. The van der Waals surface area contributed by atoms with Gasteiger partial charge in [-0.15, -0.1) is 0 Å². The Morgan fingerprint density at radius 1 is 1.27 bits per heavy atom. The van der Waals surface area contributed by atoms with Gasteiger partial charge in [-0.05, 0) is 45.7 Å². The normalized spacial score (nSPS) is 17.9. The van der Waals surface area contributed by atoms with Crippen molar-refractivity contribution in [1.82, 2.24) is 14.9 Å². The molecule has 166 valence electrons. The monoisotopic (exact) mass is 418 g/mol. The SMILES string of the molecule is CCCOC(C)COc1nc(N)c2c(n1)N(CC/C=C/CN1CCCC1)CC(=O)N2. The van der Waals surface area contributed by atoms with E-state index in [2.05, 4.69) is 39.3 Å². The molecule has 0 aromatic carbocycles. The zero-order chi connectivity index (χ0) is 21.3. The molecule has 1 atom stereocenters. The van der Waals surface area contributed by atoms with Gasteiger partial charge in [-0.25, -0.2) is 0 Å². The molecular weight excluding hydrogens is 384 g/mol. The number of amides is 1. The molecule has 0 radical (unpaired) electrons. The number of hydrogen-bond acceptors (Lipinski definition) is 8. The Bertz CT molecular complexity index is 736. The van der Waals surface area contributed by atoms with E-state index < -0.39 is 0 Å². The van der Waals surface area contributed by atoms with Crippen molar-refractivity contribution in [2.24, 2.45) is 0 Å². The number of nitrogens with two attached hydrogens (primary N) is 1. The van der Waals surface area contributed by atoms with Gasteiger partial charge in [0.15, 0.2) is 11.6 Å². The second-order valence-electron chi connectivity index (χ2n) is 7.82. The number of ether oxygens (including phenoxy) is 2. The molecule has 3 N–H and O–H groups in total. The number of fused-ring (bicyclic) bond motifs is 1. The number of nitrogen functional groups attached to an aromatic ring is 1. The third-order valence-corrected chi connectivity index (χ3v) is 5.14. The van der Waals surface area contributed by atoms with Crippen molar-refractivity contribution in [3.8, 4) is 6.01 Å². The molecule has 3 heterocycles. The molecule has 0 spiro atoms. The van der Waals surface area contributed by atoms with Gasteiger partial charge in [0.05, 0.1) is 12.6 Å². The quantitative estimate of drug-likeness (QED) is 0.526. The van der Waals surface area contributed by atoms with Crippen LogP contribution in [0.25, 0.3) is 0 Å². The Morgan fingerprint density at radius 2 is 2.07 bits per heavy atom. The maximum absolute atomic E-state index is 12.1. The van der Waals surface area contributed by atoms with Crippen LogP contribution in [0.5, 0.6) is 6.01 Å². The summed E-state index contributed by atoms with van der Waals surface area (Å²) in [6.07, 6.45) is 8.67. The summed E-state index contributed by atoms with van der Waals surface area (Å²) in [5, 5.41) is 2.78. The van der Waals surface area contributed by atoms with Crippen molar-refractivity contribution >= 4 is 23.2 Å². The lowest BCUT2D eigenvalue weighted by Gasteiger charge is -2.30. The largest absolute Gasteiger partial charge is 0.461 e. The van der Waals surface area contributed by atoms with E-state index in [1.165, 1.54) is 25.9 Å². The lowest BCUT2D eigenvalue weighted by atomic mass is 10.2. The van der Waals surface area contributed by atoms with Gasteiger partial charge in [0.1, 0.15) is 12.3 Å². The zero-order valence-electron chi connectivity index (χ0n) is 18.1. The molecule has 9 heteroatoms. The molecule has 1 amide bonds. The van der Waals surface area contributed by atoms with E-state index in [9.17, 15) is 4.79 Å². The summed E-state index contributed by atoms with van der Waals surface area (Å²) in [5.74, 6) is 0.695. The topological polar surface area (TPSA) is 106 Å². The predicted molar refractivity (Wildman–Crippen MR) is 118 cm³/mol. The summed E-state index contributed by atoms with van der Waals surface area (Å²) >= 11 is 0. The van der Waals surface area contributed by atoms with Crippen LogP contribution < -0.4 is 20.7 Å². The van der Waals surface area contributed by atoms with E-state index in [0.717, 1.165) is 19.4 Å². The van der Waals surface area contributed by atoms with Crippen molar-refractivity contribution in [2.45, 2.75) is 45.6 Å². The molecule has 1 fully saturated rings. The van der Waals surface area contributed by atoms with E-state index in [-0.39, 0.29) is 30.4 Å². The summed E-state index contributed by atoms with van der Waals surface area (Å²) in [6, 6.07) is 0.198. The van der Waals surface area contributed by atoms with Crippen molar-refractivity contribution in [2.75, 3.05) is 61.9 Å². The smallest absolute Gasteiger partial charge is 0.320 e. The Kier molecular flexibility index (Phi) is 8.27. The first-order valence-electron chi connectivity index (χ1n) is 10.9. The third-order valence-electron chi connectivity index (χ3n) is 5.14. The predicted octanol–water partition coefficient (Wildman–Crippen LogP) is 2.05. The molecule has 0 bridgehead atoms. The zero-order valence-corrected chi connectivity index (χ0v) is 18.1. The van der Waals surface area contributed by atoms with Gasteiger partial charge in [0.2, 0.25) is 5.91 Å². The van der Waals surface area contributed by atoms with Gasteiger partial charge in [0.25, 0.3) is 0 Å². The summed E-state index contributed by atoms with van der Waals surface area (Å²) in [5.41, 5.74) is 6.53. The van der Waals surface area contributed by atoms with Crippen molar-refractivity contribution in [3.05, 3.63) is 12.2 Å². The third kappa shape index (κ3) is 6.30. The molecule has 1 aromatic heterocycles. The molecule has 1 saturated heterocycles. The highest BCUT2D eigenvalue weighted by Gasteiger charge is 2.27. The summed E-state index contributed by atoms with van der Waals surface area (Å²) in [4.78, 5) is 25.2. The maximum atomic E-state index is 12.1. The van der Waals surface area contributed by atoms with Crippen LogP contribution in [0.3, 0.4) is 0 Å². The maximum Gasteiger partial charge on any atom is 0.320 e. The molecular formula is C21H34N6O3. The highest BCUT2D eigenvalue weighted by atomic mass is 16.5. The van der Waals surface area contributed by atoms with Crippen LogP contribution in [0.4, 0.5) is 17.3 Å². The van der Waals surface area contributed by atoms with Gasteiger partial charge >= 0.3 is 6.01 Å². The Morgan fingerprint density at radius 3 is 2.83 bits per heavy atom. The minimum absolute atomic E-state index is 0.0673. The van der Waals surface area contributed by atoms with Crippen LogP contribution in [0.2, 0.25) is 0 Å². The molecule has 9 nitrogen and oxygen atoms in total. The van der Waals surface area contributed by atoms with Crippen LogP contribution in [-0.4, -0.2) is 72.8 Å². The first kappa shape index (κ1) is 22.3. The van der Waals surface area contributed by atoms with Gasteiger partial charge < -0.3 is 25.4 Å². The number of carbonyl (C=O) groups excluding carboxylic acids is 1. The Labute approximate surface area is 178 Å². The van der Waals surface area contributed by atoms with E-state index in [1.54, 1.807) is 0 Å². The highest BCUT2D eigenvalue weighted by Crippen LogP contribution is 2.33. The molecule has 0 aliphatic carbocycles. The highest BCUT2D eigenvalue weighted by molar-refractivity contribution is 6.03. The van der Waals surface area contributed by atoms with Crippen LogP contribution >= 0.6 is 0 Å². The first-order valence-corrected chi connectivity index (χ1v) is 10.9. The molecule has 1 aromatic rings. The van der Waals surface area contributed by atoms with E-state index >= 15 is 0 Å². The average molecular weight is 419 g/mol. The fourth-order valence-corrected chi connectivity index (χ4v) is 3.57. The number of anilines is 3. The first-order chi connectivity index (χ1) is 14.6. The molecule has 3 rings (SSSR count). The van der Waals surface area contributed by atoms with Crippen molar-refractivity contribution < 1.29 is 14.3 Å². The Hall–Kier alpha value is -2.39. The lowest BCUT2D eigenvalue weighted by molar-refractivity contribution is -0.115. The van der Waals surface area contributed by atoms with Crippen molar-refractivity contribution in [3.63, 3.8) is 0 Å². The summed E-state index contributed by atoms with van der Waals surface area (Å²) in [6.45, 7) is 9.29. The van der Waals surface area contributed by atoms with Gasteiger partial charge in [-0.3, -0.25) is 9.69 Å². The summed E-state index contributed by atoms with van der Waals surface area (Å²) < 4.78 is 11.3. The van der Waals surface area contributed by atoms with Gasteiger partial charge in [0, 0.05) is 19.7 Å². The number of rotatable bonds is 11. The van der Waals surface area contributed by atoms with E-state index in [4.69, 9.17) is 15.2 Å². The molecule has 1 unspecified atom stereocenters. The molecule has 2 aliphatic rings. The summed E-state index contributed by atoms with van der Waals surface area (Å²) in [7, 11) is 0. The van der Waals surface area contributed by atoms with Gasteiger partial charge in [-0.1, -0.05) is 19.1 Å². The van der Waals surface area contributed by atoms with Crippen LogP contribution in [0.15, 0.2) is 12.2 Å². The number of nitrogens with one attached hydrogen (secondary N) is 1. The molecule has 0 saturated carbocycles. The fraction of sp³-hybridized carbons (Fsp3) is 0.667. The number of aromatic nitrogens is 2. The standard InChI is InChI=1S/C21H34N6O3/c1-3-13-29-16(2)15-30-21-24-19(22)18-20(25-21)27(14-17(28)23-18)12-6-4-5-9-26-10-7-8-11-26/h4-5,16H,3,6-15H2,1-2H3,(H,23,28)(H2,22,24,25)/b5-4+. The number of hydrogen-bond donors (Lipinski definition) is 2. The number of carbonyl (C=O) groups is 1. The molecule has 30 heavy (non-hydrogen) atoms. The number of nitrogens with zero attached hydrogens (tertiary/aromatic N) is 4. The van der Waals surface area contributed by atoms with Crippen LogP contribution in [-0.2, 0) is 9.53 Å². The minimum Gasteiger partial charge on any atom is -0.461 e. The minimum atomic E-state index is -0.117. The Balaban J connectivity index is 1.60. The second kappa shape index (κ2) is 11.1. The van der Waals surface area contributed by atoms with Crippen LogP contribution in [0, 0.1) is 0 Å². The fourth-order valence-electron chi connectivity index (χ4n) is 3.57. The van der Waals surface area contributed by atoms with E-state index in [0.29, 0.717) is 31.3 Å². The van der Waals surface area contributed by atoms with Crippen molar-refractivity contribution in [1.29, 1.82) is 0 Å². The van der Waals surface area contributed by atoms with Gasteiger partial charge in [-0.2, -0.15) is 9.97 Å².